The van der Waals surface area contributed by atoms with Crippen molar-refractivity contribution in [2.75, 3.05) is 0 Å². The SMILES string of the molecule is Cc1cnc(C(NN)c2cccc(Br)c2F)nc1. The molecular formula is C12H12BrFN4. The third kappa shape index (κ3) is 2.55. The van der Waals surface area contributed by atoms with Crippen LogP contribution in [-0.2, 0) is 0 Å². The molecule has 0 spiro atoms. The van der Waals surface area contributed by atoms with Crippen LogP contribution in [0.2, 0.25) is 0 Å². The van der Waals surface area contributed by atoms with Gasteiger partial charge in [0.1, 0.15) is 11.9 Å². The van der Waals surface area contributed by atoms with Gasteiger partial charge >= 0.3 is 0 Å². The van der Waals surface area contributed by atoms with Crippen molar-refractivity contribution < 1.29 is 4.39 Å². The first kappa shape index (κ1) is 13.1. The molecule has 0 bridgehead atoms. The fourth-order valence-corrected chi connectivity index (χ4v) is 1.98. The largest absolute Gasteiger partial charge is 0.270 e. The highest BCUT2D eigenvalue weighted by Gasteiger charge is 2.20. The number of hydrogen-bond donors (Lipinski definition) is 2. The molecule has 1 aromatic carbocycles. The van der Waals surface area contributed by atoms with Gasteiger partial charge in [-0.15, -0.1) is 0 Å². The summed E-state index contributed by atoms with van der Waals surface area (Å²) in [5, 5.41) is 0. The zero-order valence-corrected chi connectivity index (χ0v) is 11.3. The van der Waals surface area contributed by atoms with Gasteiger partial charge in [0.2, 0.25) is 0 Å². The lowest BCUT2D eigenvalue weighted by atomic mass is 10.1. The molecule has 1 unspecified atom stereocenters. The molecule has 4 nitrogen and oxygen atoms in total. The molecule has 6 heteroatoms. The van der Waals surface area contributed by atoms with Crippen LogP contribution >= 0.6 is 15.9 Å². The number of aryl methyl sites for hydroxylation is 1. The Kier molecular flexibility index (Phi) is 4.00. The summed E-state index contributed by atoms with van der Waals surface area (Å²) in [4.78, 5) is 8.32. The predicted molar refractivity (Wildman–Crippen MR) is 70.0 cm³/mol. The highest BCUT2D eigenvalue weighted by atomic mass is 79.9. The van der Waals surface area contributed by atoms with Gasteiger partial charge in [0.05, 0.1) is 4.47 Å². The summed E-state index contributed by atoms with van der Waals surface area (Å²) in [7, 11) is 0. The number of aromatic nitrogens is 2. The number of rotatable bonds is 3. The fourth-order valence-electron chi connectivity index (χ4n) is 1.60. The maximum Gasteiger partial charge on any atom is 0.151 e. The molecule has 0 saturated carbocycles. The van der Waals surface area contributed by atoms with Crippen LogP contribution in [0, 0.1) is 12.7 Å². The Bertz CT molecular complexity index is 544. The molecular weight excluding hydrogens is 299 g/mol. The summed E-state index contributed by atoms with van der Waals surface area (Å²) in [5.74, 6) is 5.54. The second-order valence-corrected chi connectivity index (χ2v) is 4.72. The molecule has 3 N–H and O–H groups in total. The van der Waals surface area contributed by atoms with Crippen LogP contribution in [0.4, 0.5) is 4.39 Å². The number of hydrazine groups is 1. The van der Waals surface area contributed by atoms with Crippen molar-refractivity contribution >= 4 is 15.9 Å². The van der Waals surface area contributed by atoms with Crippen LogP contribution in [0.3, 0.4) is 0 Å². The fraction of sp³-hybridized carbons (Fsp3) is 0.167. The third-order valence-corrected chi connectivity index (χ3v) is 3.13. The Morgan fingerprint density at radius 2 is 2.00 bits per heavy atom. The number of nitrogens with zero attached hydrogens (tertiary/aromatic N) is 2. The zero-order chi connectivity index (χ0) is 13.1. The van der Waals surface area contributed by atoms with Gasteiger partial charge in [-0.05, 0) is 34.5 Å². The number of hydrogen-bond acceptors (Lipinski definition) is 4. The molecule has 18 heavy (non-hydrogen) atoms. The number of halogens is 2. The van der Waals surface area contributed by atoms with Gasteiger partial charge in [-0.3, -0.25) is 5.84 Å². The Balaban J connectivity index is 2.45. The lowest BCUT2D eigenvalue weighted by molar-refractivity contribution is 0.540. The molecule has 0 aliphatic carbocycles. The molecule has 1 heterocycles. The number of nitrogens with one attached hydrogen (secondary N) is 1. The second-order valence-electron chi connectivity index (χ2n) is 3.86. The van der Waals surface area contributed by atoms with Crippen LogP contribution in [0.25, 0.3) is 0 Å². The Labute approximate surface area is 113 Å². The molecule has 0 amide bonds. The molecule has 2 rings (SSSR count). The minimum absolute atomic E-state index is 0.371. The average Bonchev–Trinajstić information content (AvgIpc) is 2.37. The van der Waals surface area contributed by atoms with Crippen LogP contribution in [0.1, 0.15) is 23.0 Å². The van der Waals surface area contributed by atoms with E-state index in [1.54, 1.807) is 30.6 Å². The quantitative estimate of drug-likeness (QED) is 0.674. The molecule has 0 aliphatic heterocycles. The summed E-state index contributed by atoms with van der Waals surface area (Å²) >= 11 is 3.14. The summed E-state index contributed by atoms with van der Waals surface area (Å²) in [6.45, 7) is 1.88. The van der Waals surface area contributed by atoms with E-state index < -0.39 is 6.04 Å². The second kappa shape index (κ2) is 5.51. The van der Waals surface area contributed by atoms with Crippen molar-refractivity contribution in [1.82, 2.24) is 15.4 Å². The van der Waals surface area contributed by atoms with E-state index in [4.69, 9.17) is 5.84 Å². The van der Waals surface area contributed by atoms with Crippen LogP contribution in [0.5, 0.6) is 0 Å². The van der Waals surface area contributed by atoms with Gasteiger partial charge in [0.15, 0.2) is 5.82 Å². The Morgan fingerprint density at radius 1 is 1.33 bits per heavy atom. The van der Waals surface area contributed by atoms with Crippen molar-refractivity contribution in [2.24, 2.45) is 5.84 Å². The zero-order valence-electron chi connectivity index (χ0n) is 9.69. The van der Waals surface area contributed by atoms with Crippen molar-refractivity contribution in [3.8, 4) is 0 Å². The molecule has 2 aromatic rings. The highest BCUT2D eigenvalue weighted by molar-refractivity contribution is 9.10. The molecule has 0 saturated heterocycles. The highest BCUT2D eigenvalue weighted by Crippen LogP contribution is 2.26. The first-order valence-corrected chi connectivity index (χ1v) is 6.11. The summed E-state index contributed by atoms with van der Waals surface area (Å²) in [5.41, 5.74) is 3.87. The van der Waals surface area contributed by atoms with E-state index >= 15 is 0 Å². The smallest absolute Gasteiger partial charge is 0.151 e. The Hall–Kier alpha value is -1.37. The normalized spacial score (nSPS) is 12.4. The summed E-state index contributed by atoms with van der Waals surface area (Å²) < 4.78 is 14.4. The van der Waals surface area contributed by atoms with Gasteiger partial charge in [0, 0.05) is 18.0 Å². The monoisotopic (exact) mass is 310 g/mol. The van der Waals surface area contributed by atoms with Gasteiger partial charge < -0.3 is 0 Å². The number of nitrogens with two attached hydrogens (primary N) is 1. The first-order valence-electron chi connectivity index (χ1n) is 5.32. The van der Waals surface area contributed by atoms with Crippen molar-refractivity contribution in [3.63, 3.8) is 0 Å². The van der Waals surface area contributed by atoms with E-state index in [-0.39, 0.29) is 5.82 Å². The maximum absolute atomic E-state index is 14.0. The van der Waals surface area contributed by atoms with Gasteiger partial charge in [-0.1, -0.05) is 12.1 Å². The van der Waals surface area contributed by atoms with Crippen molar-refractivity contribution in [1.29, 1.82) is 0 Å². The first-order chi connectivity index (χ1) is 8.63. The standard InChI is InChI=1S/C12H12BrFN4/c1-7-5-16-12(17-6-7)11(18-15)8-3-2-4-9(13)10(8)14/h2-6,11,18H,15H2,1H3. The van der Waals surface area contributed by atoms with Crippen LogP contribution in [0.15, 0.2) is 35.1 Å². The molecule has 0 fully saturated rings. The summed E-state index contributed by atoms with van der Waals surface area (Å²) in [6.07, 6.45) is 3.34. The summed E-state index contributed by atoms with van der Waals surface area (Å²) in [6, 6.07) is 4.43. The molecule has 1 aromatic heterocycles. The minimum Gasteiger partial charge on any atom is -0.270 e. The van der Waals surface area contributed by atoms with E-state index in [0.29, 0.717) is 15.9 Å². The van der Waals surface area contributed by atoms with Gasteiger partial charge in [0.25, 0.3) is 0 Å². The third-order valence-electron chi connectivity index (χ3n) is 2.52. The Morgan fingerprint density at radius 3 is 2.61 bits per heavy atom. The maximum atomic E-state index is 14.0. The van der Waals surface area contributed by atoms with E-state index in [2.05, 4.69) is 31.3 Å². The van der Waals surface area contributed by atoms with Crippen LogP contribution in [-0.4, -0.2) is 9.97 Å². The van der Waals surface area contributed by atoms with E-state index in [1.165, 1.54) is 0 Å². The van der Waals surface area contributed by atoms with Crippen molar-refractivity contribution in [3.05, 3.63) is 57.8 Å². The molecule has 1 atom stereocenters. The molecule has 0 radical (unpaired) electrons. The molecule has 94 valence electrons. The lowest BCUT2D eigenvalue weighted by Crippen LogP contribution is -2.31. The van der Waals surface area contributed by atoms with E-state index in [0.717, 1.165) is 5.56 Å². The number of benzene rings is 1. The van der Waals surface area contributed by atoms with Gasteiger partial charge in [-0.25, -0.2) is 19.8 Å². The average molecular weight is 311 g/mol. The lowest BCUT2D eigenvalue weighted by Gasteiger charge is -2.16. The van der Waals surface area contributed by atoms with E-state index in [1.807, 2.05) is 6.92 Å². The molecule has 0 aliphatic rings. The topological polar surface area (TPSA) is 63.8 Å². The van der Waals surface area contributed by atoms with Crippen LogP contribution < -0.4 is 11.3 Å². The predicted octanol–water partition coefficient (Wildman–Crippen LogP) is 2.24. The van der Waals surface area contributed by atoms with Gasteiger partial charge in [-0.2, -0.15) is 0 Å². The minimum atomic E-state index is -0.580. The van der Waals surface area contributed by atoms with E-state index in [9.17, 15) is 4.39 Å². The van der Waals surface area contributed by atoms with Crippen molar-refractivity contribution in [2.45, 2.75) is 13.0 Å².